The molecule has 2 aromatic rings. The average Bonchev–Trinajstić information content (AvgIpc) is 2.94. The second-order valence-corrected chi connectivity index (χ2v) is 7.47. The van der Waals surface area contributed by atoms with Crippen LogP contribution in [0.2, 0.25) is 0 Å². The summed E-state index contributed by atoms with van der Waals surface area (Å²) in [6, 6.07) is 3.65. The maximum absolute atomic E-state index is 12.6. The Morgan fingerprint density at radius 1 is 1.31 bits per heavy atom. The molecular formula is C18H20F3N3O2. The standard InChI is InChI=1S/C18H20F3N3O2/c1-17(2,3)15-9-12(26-23-15)8-14(25)13-6-7-24(13)16-5-4-11(10-22-16)18(19,20)21/h4-5,9-10,13H,6-8H2,1-3H3/t13-/m0/s1. The summed E-state index contributed by atoms with van der Waals surface area (Å²) in [6.45, 7) is 6.58. The van der Waals surface area contributed by atoms with Crippen molar-refractivity contribution in [3.8, 4) is 0 Å². The number of rotatable bonds is 4. The number of hydrogen-bond donors (Lipinski definition) is 0. The summed E-state index contributed by atoms with van der Waals surface area (Å²) in [5.74, 6) is 0.803. The molecule has 1 aliphatic heterocycles. The number of anilines is 1. The van der Waals surface area contributed by atoms with Gasteiger partial charge < -0.3 is 9.42 Å². The predicted octanol–water partition coefficient (Wildman–Crippen LogP) is 3.78. The number of carbonyl (C=O) groups is 1. The van der Waals surface area contributed by atoms with Gasteiger partial charge in [-0.2, -0.15) is 13.2 Å². The minimum atomic E-state index is -4.42. The summed E-state index contributed by atoms with van der Waals surface area (Å²) in [7, 11) is 0. The van der Waals surface area contributed by atoms with E-state index >= 15 is 0 Å². The van der Waals surface area contributed by atoms with Crippen LogP contribution in [0.3, 0.4) is 0 Å². The summed E-state index contributed by atoms with van der Waals surface area (Å²) in [5, 5.41) is 3.99. The Morgan fingerprint density at radius 3 is 2.50 bits per heavy atom. The zero-order valence-corrected chi connectivity index (χ0v) is 14.8. The second kappa shape index (κ2) is 6.41. The van der Waals surface area contributed by atoms with Gasteiger partial charge in [-0.15, -0.1) is 0 Å². The third-order valence-corrected chi connectivity index (χ3v) is 4.44. The number of aromatic nitrogens is 2. The van der Waals surface area contributed by atoms with E-state index in [2.05, 4.69) is 10.1 Å². The summed E-state index contributed by atoms with van der Waals surface area (Å²) >= 11 is 0. The summed E-state index contributed by atoms with van der Waals surface area (Å²) in [6.07, 6.45) is -2.89. The van der Waals surface area contributed by atoms with Gasteiger partial charge in [0.1, 0.15) is 11.6 Å². The van der Waals surface area contributed by atoms with Gasteiger partial charge in [0.15, 0.2) is 5.78 Å². The zero-order chi connectivity index (χ0) is 19.1. The topological polar surface area (TPSA) is 59.2 Å². The van der Waals surface area contributed by atoms with Crippen LogP contribution in [0.15, 0.2) is 28.9 Å². The fourth-order valence-corrected chi connectivity index (χ4v) is 2.76. The number of pyridine rings is 1. The van der Waals surface area contributed by atoms with E-state index in [-0.39, 0.29) is 17.6 Å². The Hall–Kier alpha value is -2.38. The van der Waals surface area contributed by atoms with Crippen LogP contribution in [0.1, 0.15) is 44.2 Å². The first-order valence-corrected chi connectivity index (χ1v) is 8.34. The van der Waals surface area contributed by atoms with E-state index < -0.39 is 17.8 Å². The minimum absolute atomic E-state index is 0.0606. The molecule has 0 spiro atoms. The van der Waals surface area contributed by atoms with Gasteiger partial charge >= 0.3 is 6.18 Å². The van der Waals surface area contributed by atoms with Crippen molar-refractivity contribution in [2.45, 2.75) is 51.2 Å². The van der Waals surface area contributed by atoms with Crippen LogP contribution in [0.4, 0.5) is 19.0 Å². The molecule has 8 heteroatoms. The Kier molecular flexibility index (Phi) is 4.54. The maximum Gasteiger partial charge on any atom is 0.417 e. The SMILES string of the molecule is CC(C)(C)c1cc(CC(=O)[C@@H]2CCN2c2ccc(C(F)(F)F)cn2)on1. The highest BCUT2D eigenvalue weighted by Crippen LogP contribution is 2.32. The number of nitrogens with zero attached hydrogens (tertiary/aromatic N) is 3. The molecule has 1 aliphatic rings. The lowest BCUT2D eigenvalue weighted by Crippen LogP contribution is -2.53. The number of halogens is 3. The molecule has 2 aromatic heterocycles. The van der Waals surface area contributed by atoms with Gasteiger partial charge in [0.05, 0.1) is 23.7 Å². The van der Waals surface area contributed by atoms with Crippen molar-refractivity contribution in [3.05, 3.63) is 41.4 Å². The Labute approximate surface area is 149 Å². The maximum atomic E-state index is 12.6. The summed E-state index contributed by atoms with van der Waals surface area (Å²) in [4.78, 5) is 18.1. The van der Waals surface area contributed by atoms with Gasteiger partial charge in [0, 0.05) is 24.2 Å². The molecular weight excluding hydrogens is 347 g/mol. The molecule has 1 fully saturated rings. The monoisotopic (exact) mass is 367 g/mol. The van der Waals surface area contributed by atoms with Crippen LogP contribution in [-0.4, -0.2) is 28.5 Å². The van der Waals surface area contributed by atoms with Crippen molar-refractivity contribution in [1.29, 1.82) is 0 Å². The highest BCUT2D eigenvalue weighted by Gasteiger charge is 2.36. The minimum Gasteiger partial charge on any atom is -0.361 e. The van der Waals surface area contributed by atoms with Gasteiger partial charge in [-0.25, -0.2) is 4.98 Å². The smallest absolute Gasteiger partial charge is 0.361 e. The number of Topliss-reactive ketones (excluding diaryl/α,β-unsaturated/α-hetero) is 1. The number of alkyl halides is 3. The zero-order valence-electron chi connectivity index (χ0n) is 14.8. The first-order chi connectivity index (χ1) is 12.1. The fourth-order valence-electron chi connectivity index (χ4n) is 2.76. The van der Waals surface area contributed by atoms with Gasteiger partial charge in [-0.05, 0) is 18.6 Å². The molecule has 0 bridgehead atoms. The van der Waals surface area contributed by atoms with Crippen molar-refractivity contribution in [2.24, 2.45) is 0 Å². The Morgan fingerprint density at radius 2 is 2.04 bits per heavy atom. The molecule has 3 heterocycles. The third-order valence-electron chi connectivity index (χ3n) is 4.44. The van der Waals surface area contributed by atoms with Crippen LogP contribution in [0, 0.1) is 0 Å². The van der Waals surface area contributed by atoms with E-state index in [1.807, 2.05) is 20.8 Å². The van der Waals surface area contributed by atoms with Gasteiger partial charge in [-0.3, -0.25) is 4.79 Å². The molecule has 0 aliphatic carbocycles. The third kappa shape index (κ3) is 3.73. The molecule has 0 saturated carbocycles. The Bertz CT molecular complexity index is 791. The fraction of sp³-hybridized carbons (Fsp3) is 0.500. The molecule has 140 valence electrons. The lowest BCUT2D eigenvalue weighted by atomic mass is 9.91. The van der Waals surface area contributed by atoms with Crippen LogP contribution in [0.5, 0.6) is 0 Å². The van der Waals surface area contributed by atoms with Crippen LogP contribution in [-0.2, 0) is 22.8 Å². The van der Waals surface area contributed by atoms with Crippen molar-refractivity contribution in [1.82, 2.24) is 10.1 Å². The quantitative estimate of drug-likeness (QED) is 0.823. The molecule has 26 heavy (non-hydrogen) atoms. The van der Waals surface area contributed by atoms with E-state index in [1.54, 1.807) is 11.0 Å². The van der Waals surface area contributed by atoms with Crippen molar-refractivity contribution in [2.75, 3.05) is 11.4 Å². The largest absolute Gasteiger partial charge is 0.417 e. The molecule has 5 nitrogen and oxygen atoms in total. The molecule has 0 unspecified atom stereocenters. The molecule has 0 radical (unpaired) electrons. The van der Waals surface area contributed by atoms with E-state index in [1.165, 1.54) is 6.07 Å². The molecule has 0 aromatic carbocycles. The molecule has 3 rings (SSSR count). The van der Waals surface area contributed by atoms with E-state index in [4.69, 9.17) is 4.52 Å². The van der Waals surface area contributed by atoms with Gasteiger partial charge in [-0.1, -0.05) is 25.9 Å². The van der Waals surface area contributed by atoms with Crippen molar-refractivity contribution < 1.29 is 22.5 Å². The number of hydrogen-bond acceptors (Lipinski definition) is 5. The molecule has 1 saturated heterocycles. The van der Waals surface area contributed by atoms with Crippen molar-refractivity contribution >= 4 is 11.6 Å². The summed E-state index contributed by atoms with van der Waals surface area (Å²) in [5.41, 5.74) is -0.200. The molecule has 0 N–H and O–H groups in total. The highest BCUT2D eigenvalue weighted by molar-refractivity contribution is 5.90. The van der Waals surface area contributed by atoms with E-state index in [9.17, 15) is 18.0 Å². The van der Waals surface area contributed by atoms with E-state index in [0.29, 0.717) is 24.5 Å². The van der Waals surface area contributed by atoms with Crippen LogP contribution < -0.4 is 4.90 Å². The van der Waals surface area contributed by atoms with Gasteiger partial charge in [0.2, 0.25) is 0 Å². The van der Waals surface area contributed by atoms with Crippen LogP contribution >= 0.6 is 0 Å². The van der Waals surface area contributed by atoms with Crippen LogP contribution in [0.25, 0.3) is 0 Å². The van der Waals surface area contributed by atoms with Gasteiger partial charge in [0.25, 0.3) is 0 Å². The number of ketones is 1. The van der Waals surface area contributed by atoms with Crippen molar-refractivity contribution in [3.63, 3.8) is 0 Å². The first-order valence-electron chi connectivity index (χ1n) is 8.34. The summed E-state index contributed by atoms with van der Waals surface area (Å²) < 4.78 is 43.1. The first kappa shape index (κ1) is 18.4. The number of carbonyl (C=O) groups excluding carboxylic acids is 1. The highest BCUT2D eigenvalue weighted by atomic mass is 19.4. The molecule has 0 amide bonds. The predicted molar refractivity (Wildman–Crippen MR) is 88.9 cm³/mol. The normalized spacial score (nSPS) is 17.9. The lowest BCUT2D eigenvalue weighted by molar-refractivity contribution is -0.137. The second-order valence-electron chi connectivity index (χ2n) is 7.47. The van der Waals surface area contributed by atoms with E-state index in [0.717, 1.165) is 18.0 Å². The molecule has 1 atom stereocenters. The lowest BCUT2D eigenvalue weighted by Gasteiger charge is -2.40. The average molecular weight is 367 g/mol. The Balaban J connectivity index is 1.66.